The van der Waals surface area contributed by atoms with Crippen LogP contribution in [0.3, 0.4) is 0 Å². The predicted molar refractivity (Wildman–Crippen MR) is 80.4 cm³/mol. The summed E-state index contributed by atoms with van der Waals surface area (Å²) in [6, 6.07) is 8.65. The fourth-order valence-corrected chi connectivity index (χ4v) is 3.09. The highest BCUT2D eigenvalue weighted by molar-refractivity contribution is 5.83. The van der Waals surface area contributed by atoms with Crippen LogP contribution in [-0.2, 0) is 10.3 Å². The molecule has 1 amide bonds. The molecule has 0 heterocycles. The van der Waals surface area contributed by atoms with Crippen molar-refractivity contribution < 1.29 is 4.79 Å². The summed E-state index contributed by atoms with van der Waals surface area (Å²) in [6.45, 7) is 1.99. The Hall–Kier alpha value is -1.35. The summed E-state index contributed by atoms with van der Waals surface area (Å²) in [5.41, 5.74) is 8.37. The lowest BCUT2D eigenvalue weighted by molar-refractivity contribution is -0.122. The number of hydrogen-bond donors (Lipinski definition) is 2. The van der Waals surface area contributed by atoms with Crippen molar-refractivity contribution in [3.63, 3.8) is 0 Å². The van der Waals surface area contributed by atoms with Gasteiger partial charge in [0.05, 0.1) is 5.92 Å². The monoisotopic (exact) mass is 272 g/mol. The Morgan fingerprint density at radius 3 is 2.70 bits per heavy atom. The Balaban J connectivity index is 1.69. The van der Waals surface area contributed by atoms with Crippen LogP contribution in [0.25, 0.3) is 0 Å². The minimum absolute atomic E-state index is 0.0992. The maximum atomic E-state index is 12.3. The van der Waals surface area contributed by atoms with E-state index in [0.29, 0.717) is 6.04 Å². The number of hydrogen-bond acceptors (Lipinski definition) is 2. The molecule has 0 spiro atoms. The van der Waals surface area contributed by atoms with Gasteiger partial charge in [0.1, 0.15) is 0 Å². The van der Waals surface area contributed by atoms with Gasteiger partial charge in [-0.05, 0) is 43.7 Å². The molecule has 3 heteroatoms. The number of benzene rings is 1. The third kappa shape index (κ3) is 2.73. The molecule has 2 aliphatic carbocycles. The summed E-state index contributed by atoms with van der Waals surface area (Å²) in [5, 5.41) is 3.18. The van der Waals surface area contributed by atoms with Gasteiger partial charge in [0.25, 0.3) is 0 Å². The molecule has 1 unspecified atom stereocenters. The van der Waals surface area contributed by atoms with Crippen LogP contribution in [0.5, 0.6) is 0 Å². The summed E-state index contributed by atoms with van der Waals surface area (Å²) < 4.78 is 0. The van der Waals surface area contributed by atoms with E-state index in [-0.39, 0.29) is 17.4 Å². The first-order valence-electron chi connectivity index (χ1n) is 7.78. The van der Waals surface area contributed by atoms with E-state index >= 15 is 0 Å². The fraction of sp³-hybridized carbons (Fsp3) is 0.588. The zero-order chi connectivity index (χ0) is 14.2. The molecule has 0 saturated heterocycles. The maximum absolute atomic E-state index is 12.3. The molecule has 20 heavy (non-hydrogen) atoms. The Bertz CT molecular complexity index is 501. The molecule has 3 rings (SSSR count). The molecule has 2 fully saturated rings. The van der Waals surface area contributed by atoms with Crippen LogP contribution >= 0.6 is 0 Å². The molecule has 3 nitrogen and oxygen atoms in total. The largest absolute Gasteiger partial charge is 0.353 e. The highest BCUT2D eigenvalue weighted by atomic mass is 16.1. The first-order valence-corrected chi connectivity index (χ1v) is 7.78. The van der Waals surface area contributed by atoms with Crippen molar-refractivity contribution in [3.05, 3.63) is 35.4 Å². The second-order valence-electron chi connectivity index (χ2n) is 6.49. The van der Waals surface area contributed by atoms with E-state index in [9.17, 15) is 4.79 Å². The molecule has 2 saturated carbocycles. The number of carbonyl (C=O) groups is 1. The first kappa shape index (κ1) is 13.6. The van der Waals surface area contributed by atoms with E-state index < -0.39 is 0 Å². The van der Waals surface area contributed by atoms with E-state index in [0.717, 1.165) is 31.2 Å². The van der Waals surface area contributed by atoms with Gasteiger partial charge in [0.2, 0.25) is 5.91 Å². The number of nitrogens with two attached hydrogens (primary N) is 1. The Morgan fingerprint density at radius 1 is 1.35 bits per heavy atom. The predicted octanol–water partition coefficient (Wildman–Crippen LogP) is 2.80. The zero-order valence-corrected chi connectivity index (χ0v) is 12.2. The van der Waals surface area contributed by atoms with Crippen molar-refractivity contribution >= 4 is 5.91 Å². The molecule has 1 aromatic carbocycles. The number of rotatable bonds is 4. The van der Waals surface area contributed by atoms with Gasteiger partial charge < -0.3 is 11.1 Å². The lowest BCUT2D eigenvalue weighted by Gasteiger charge is -2.18. The van der Waals surface area contributed by atoms with Crippen LogP contribution in [0.2, 0.25) is 0 Å². The van der Waals surface area contributed by atoms with Gasteiger partial charge in [-0.1, -0.05) is 37.1 Å². The first-order chi connectivity index (χ1) is 9.58. The molecule has 3 N–H and O–H groups in total. The highest BCUT2D eigenvalue weighted by Crippen LogP contribution is 2.43. The molecule has 0 aliphatic heterocycles. The molecule has 2 aliphatic rings. The lowest BCUT2D eigenvalue weighted by atomic mass is 9.95. The van der Waals surface area contributed by atoms with Crippen LogP contribution < -0.4 is 11.1 Å². The van der Waals surface area contributed by atoms with Crippen molar-refractivity contribution in [2.75, 3.05) is 0 Å². The van der Waals surface area contributed by atoms with Crippen LogP contribution in [0.4, 0.5) is 0 Å². The average molecular weight is 272 g/mol. The molecule has 108 valence electrons. The van der Waals surface area contributed by atoms with Gasteiger partial charge in [-0.3, -0.25) is 4.79 Å². The van der Waals surface area contributed by atoms with Crippen LogP contribution in [0.15, 0.2) is 24.3 Å². The molecule has 0 aromatic heterocycles. The Kier molecular flexibility index (Phi) is 3.55. The standard InChI is InChI=1S/C17H24N2O/c1-12(16(20)19-15-7-2-3-8-15)13-5-4-6-14(11-13)17(18)9-10-17/h4-6,11-12,15H,2-3,7-10,18H2,1H3,(H,19,20). The quantitative estimate of drug-likeness (QED) is 0.885. The maximum Gasteiger partial charge on any atom is 0.227 e. The third-order valence-electron chi connectivity index (χ3n) is 4.85. The summed E-state index contributed by atoms with van der Waals surface area (Å²) in [4.78, 5) is 12.3. The topological polar surface area (TPSA) is 55.1 Å². The summed E-state index contributed by atoms with van der Waals surface area (Å²) >= 11 is 0. The molecule has 0 radical (unpaired) electrons. The normalized spacial score (nSPS) is 22.5. The smallest absolute Gasteiger partial charge is 0.227 e. The summed E-state index contributed by atoms with van der Waals surface area (Å²) in [5.74, 6) is 0.0498. The third-order valence-corrected chi connectivity index (χ3v) is 4.85. The zero-order valence-electron chi connectivity index (χ0n) is 12.2. The van der Waals surface area contributed by atoms with Gasteiger partial charge >= 0.3 is 0 Å². The molecular formula is C17H24N2O. The van der Waals surface area contributed by atoms with Gasteiger partial charge in [0, 0.05) is 11.6 Å². The molecular weight excluding hydrogens is 248 g/mol. The minimum Gasteiger partial charge on any atom is -0.353 e. The van der Waals surface area contributed by atoms with Crippen molar-refractivity contribution in [2.24, 2.45) is 5.73 Å². The second-order valence-corrected chi connectivity index (χ2v) is 6.49. The average Bonchev–Trinajstić information content (AvgIpc) is 3.01. The lowest BCUT2D eigenvalue weighted by Crippen LogP contribution is -2.35. The number of carbonyl (C=O) groups excluding carboxylic acids is 1. The van der Waals surface area contributed by atoms with E-state index in [1.54, 1.807) is 0 Å². The SMILES string of the molecule is CC(C(=O)NC1CCCC1)c1cccc(C2(N)CC2)c1. The number of nitrogens with one attached hydrogen (secondary N) is 1. The van der Waals surface area contributed by atoms with E-state index in [1.165, 1.54) is 18.4 Å². The summed E-state index contributed by atoms with van der Waals surface area (Å²) in [6.07, 6.45) is 6.85. The Labute approximate surface area is 120 Å². The second kappa shape index (κ2) is 5.21. The van der Waals surface area contributed by atoms with Gasteiger partial charge in [-0.2, -0.15) is 0 Å². The highest BCUT2D eigenvalue weighted by Gasteiger charge is 2.40. The Morgan fingerprint density at radius 2 is 2.05 bits per heavy atom. The molecule has 1 aromatic rings. The van der Waals surface area contributed by atoms with Gasteiger partial charge in [0.15, 0.2) is 0 Å². The van der Waals surface area contributed by atoms with Crippen molar-refractivity contribution in [3.8, 4) is 0 Å². The molecule has 0 bridgehead atoms. The fourth-order valence-electron chi connectivity index (χ4n) is 3.09. The number of amides is 1. The van der Waals surface area contributed by atoms with Crippen molar-refractivity contribution in [1.82, 2.24) is 5.32 Å². The van der Waals surface area contributed by atoms with Crippen LogP contribution in [-0.4, -0.2) is 11.9 Å². The van der Waals surface area contributed by atoms with E-state index in [4.69, 9.17) is 5.73 Å². The van der Waals surface area contributed by atoms with Crippen LogP contribution in [0, 0.1) is 0 Å². The van der Waals surface area contributed by atoms with Crippen LogP contribution in [0.1, 0.15) is 62.5 Å². The summed E-state index contributed by atoms with van der Waals surface area (Å²) in [7, 11) is 0. The molecule has 1 atom stereocenters. The minimum atomic E-state index is -0.127. The van der Waals surface area contributed by atoms with Crippen molar-refractivity contribution in [1.29, 1.82) is 0 Å². The van der Waals surface area contributed by atoms with E-state index in [1.807, 2.05) is 19.1 Å². The van der Waals surface area contributed by atoms with Gasteiger partial charge in [-0.25, -0.2) is 0 Å². The van der Waals surface area contributed by atoms with E-state index in [2.05, 4.69) is 17.4 Å². The van der Waals surface area contributed by atoms with Gasteiger partial charge in [-0.15, -0.1) is 0 Å². The van der Waals surface area contributed by atoms with Crippen molar-refractivity contribution in [2.45, 2.75) is 62.9 Å².